The molecule has 0 amide bonds. The molecular formula is C13H17NO2. The summed E-state index contributed by atoms with van der Waals surface area (Å²) in [6.45, 7) is 1.71. The van der Waals surface area contributed by atoms with Crippen LogP contribution in [0.5, 0.6) is 5.75 Å². The lowest BCUT2D eigenvalue weighted by Gasteiger charge is -2.06. The molecule has 0 aromatic heterocycles. The van der Waals surface area contributed by atoms with E-state index in [4.69, 9.17) is 4.74 Å². The van der Waals surface area contributed by atoms with Crippen molar-refractivity contribution in [1.29, 1.82) is 0 Å². The molecular weight excluding hydrogens is 202 g/mol. The van der Waals surface area contributed by atoms with Crippen molar-refractivity contribution in [1.82, 2.24) is 5.32 Å². The predicted octanol–water partition coefficient (Wildman–Crippen LogP) is 2.02. The van der Waals surface area contributed by atoms with Crippen LogP contribution in [0.2, 0.25) is 0 Å². The van der Waals surface area contributed by atoms with E-state index in [1.165, 1.54) is 12.8 Å². The van der Waals surface area contributed by atoms with Crippen LogP contribution in [0.3, 0.4) is 0 Å². The van der Waals surface area contributed by atoms with Gasteiger partial charge in [-0.25, -0.2) is 0 Å². The first-order chi connectivity index (χ1) is 7.88. The summed E-state index contributed by atoms with van der Waals surface area (Å²) in [6.07, 6.45) is 4.48. The van der Waals surface area contributed by atoms with E-state index in [1.54, 1.807) is 12.1 Å². The fourth-order valence-electron chi connectivity index (χ4n) is 1.53. The number of nitrogens with one attached hydrogen (secondary N) is 1. The Morgan fingerprint density at radius 2 is 2.31 bits per heavy atom. The Bertz CT molecular complexity index is 348. The van der Waals surface area contributed by atoms with Crippen LogP contribution in [-0.4, -0.2) is 25.5 Å². The van der Waals surface area contributed by atoms with Crippen molar-refractivity contribution >= 4 is 6.29 Å². The van der Waals surface area contributed by atoms with E-state index in [2.05, 4.69) is 5.32 Å². The number of hydrogen-bond acceptors (Lipinski definition) is 3. The standard InChI is InChI=1S/C13H17NO2/c15-10-11-3-1-4-13(9-11)16-8-2-7-14-12-5-6-12/h1,3-4,9-10,12,14H,2,5-8H2. The number of carbonyl (C=O) groups is 1. The third kappa shape index (κ3) is 3.66. The van der Waals surface area contributed by atoms with Crippen LogP contribution in [0.1, 0.15) is 29.6 Å². The van der Waals surface area contributed by atoms with Gasteiger partial charge in [-0.1, -0.05) is 12.1 Å². The van der Waals surface area contributed by atoms with Gasteiger partial charge >= 0.3 is 0 Å². The molecule has 16 heavy (non-hydrogen) atoms. The van der Waals surface area contributed by atoms with E-state index in [-0.39, 0.29) is 0 Å². The SMILES string of the molecule is O=Cc1cccc(OCCCNC2CC2)c1. The lowest BCUT2D eigenvalue weighted by atomic mass is 10.2. The molecule has 0 atom stereocenters. The first kappa shape index (κ1) is 11.1. The van der Waals surface area contributed by atoms with Gasteiger partial charge in [-0.2, -0.15) is 0 Å². The number of ether oxygens (including phenoxy) is 1. The monoisotopic (exact) mass is 219 g/mol. The predicted molar refractivity (Wildman–Crippen MR) is 63.0 cm³/mol. The molecule has 1 fully saturated rings. The highest BCUT2D eigenvalue weighted by Gasteiger charge is 2.19. The van der Waals surface area contributed by atoms with E-state index >= 15 is 0 Å². The van der Waals surface area contributed by atoms with E-state index in [0.717, 1.165) is 31.0 Å². The fraction of sp³-hybridized carbons (Fsp3) is 0.462. The quantitative estimate of drug-likeness (QED) is 0.563. The van der Waals surface area contributed by atoms with Gasteiger partial charge in [-0.15, -0.1) is 0 Å². The van der Waals surface area contributed by atoms with Crippen molar-refractivity contribution in [3.63, 3.8) is 0 Å². The molecule has 3 heteroatoms. The van der Waals surface area contributed by atoms with Gasteiger partial charge in [-0.05, 0) is 37.9 Å². The average Bonchev–Trinajstić information content (AvgIpc) is 3.13. The molecule has 3 nitrogen and oxygen atoms in total. The smallest absolute Gasteiger partial charge is 0.150 e. The summed E-state index contributed by atoms with van der Waals surface area (Å²) in [5, 5.41) is 3.43. The Kier molecular flexibility index (Phi) is 3.94. The van der Waals surface area contributed by atoms with Crippen LogP contribution in [-0.2, 0) is 0 Å². The average molecular weight is 219 g/mol. The minimum atomic E-state index is 0.661. The molecule has 0 unspecified atom stereocenters. The van der Waals surface area contributed by atoms with E-state index in [1.807, 2.05) is 12.1 Å². The van der Waals surface area contributed by atoms with Crippen LogP contribution in [0, 0.1) is 0 Å². The molecule has 1 aliphatic rings. The number of hydrogen-bond donors (Lipinski definition) is 1. The molecule has 1 aliphatic carbocycles. The molecule has 0 bridgehead atoms. The molecule has 0 saturated heterocycles. The van der Waals surface area contributed by atoms with Crippen LogP contribution in [0.25, 0.3) is 0 Å². The maximum atomic E-state index is 10.6. The molecule has 1 N–H and O–H groups in total. The molecule has 1 aromatic rings. The Hall–Kier alpha value is -1.35. The minimum absolute atomic E-state index is 0.661. The van der Waals surface area contributed by atoms with Gasteiger partial charge in [0.05, 0.1) is 6.61 Å². The van der Waals surface area contributed by atoms with E-state index < -0.39 is 0 Å². The van der Waals surface area contributed by atoms with Crippen LogP contribution in [0.4, 0.5) is 0 Å². The number of rotatable bonds is 7. The van der Waals surface area contributed by atoms with Crippen molar-refractivity contribution in [2.75, 3.05) is 13.2 Å². The third-order valence-corrected chi connectivity index (χ3v) is 2.59. The summed E-state index contributed by atoms with van der Waals surface area (Å²) in [4.78, 5) is 10.6. The molecule has 0 heterocycles. The number of carbonyl (C=O) groups excluding carboxylic acids is 1. The van der Waals surface area contributed by atoms with Crippen molar-refractivity contribution < 1.29 is 9.53 Å². The zero-order valence-corrected chi connectivity index (χ0v) is 9.32. The number of aldehydes is 1. The highest BCUT2D eigenvalue weighted by molar-refractivity contribution is 5.75. The van der Waals surface area contributed by atoms with Gasteiger partial charge in [0.25, 0.3) is 0 Å². The van der Waals surface area contributed by atoms with Gasteiger partial charge in [-0.3, -0.25) is 4.79 Å². The van der Waals surface area contributed by atoms with Crippen LogP contribution >= 0.6 is 0 Å². The summed E-state index contributed by atoms with van der Waals surface area (Å²) < 4.78 is 5.55. The summed E-state index contributed by atoms with van der Waals surface area (Å²) in [5.74, 6) is 0.774. The van der Waals surface area contributed by atoms with Crippen LogP contribution in [0.15, 0.2) is 24.3 Å². The summed E-state index contributed by atoms with van der Waals surface area (Å²) in [7, 11) is 0. The molecule has 1 saturated carbocycles. The lowest BCUT2D eigenvalue weighted by molar-refractivity contribution is 0.112. The first-order valence-corrected chi connectivity index (χ1v) is 5.80. The van der Waals surface area contributed by atoms with Crippen molar-refractivity contribution in [2.45, 2.75) is 25.3 Å². The molecule has 2 rings (SSSR count). The van der Waals surface area contributed by atoms with Crippen LogP contribution < -0.4 is 10.1 Å². The third-order valence-electron chi connectivity index (χ3n) is 2.59. The van der Waals surface area contributed by atoms with E-state index in [9.17, 15) is 4.79 Å². The van der Waals surface area contributed by atoms with Gasteiger partial charge in [0.15, 0.2) is 0 Å². The maximum absolute atomic E-state index is 10.6. The Morgan fingerprint density at radius 3 is 3.06 bits per heavy atom. The zero-order valence-electron chi connectivity index (χ0n) is 9.32. The van der Waals surface area contributed by atoms with Crippen molar-refractivity contribution in [3.05, 3.63) is 29.8 Å². The maximum Gasteiger partial charge on any atom is 0.150 e. The summed E-state index contributed by atoms with van der Waals surface area (Å²) in [5.41, 5.74) is 0.661. The van der Waals surface area contributed by atoms with Gasteiger partial charge in [0.2, 0.25) is 0 Å². The number of benzene rings is 1. The largest absolute Gasteiger partial charge is 0.494 e. The van der Waals surface area contributed by atoms with Gasteiger partial charge in [0, 0.05) is 11.6 Å². The fourth-order valence-corrected chi connectivity index (χ4v) is 1.53. The molecule has 1 aromatic carbocycles. The topological polar surface area (TPSA) is 38.3 Å². The normalized spacial score (nSPS) is 14.8. The van der Waals surface area contributed by atoms with E-state index in [0.29, 0.717) is 12.2 Å². The van der Waals surface area contributed by atoms with Crippen molar-refractivity contribution in [3.8, 4) is 5.75 Å². The molecule has 0 radical (unpaired) electrons. The zero-order chi connectivity index (χ0) is 11.2. The Morgan fingerprint density at radius 1 is 1.44 bits per heavy atom. The Labute approximate surface area is 95.8 Å². The molecule has 86 valence electrons. The lowest BCUT2D eigenvalue weighted by Crippen LogP contribution is -2.19. The highest BCUT2D eigenvalue weighted by atomic mass is 16.5. The highest BCUT2D eigenvalue weighted by Crippen LogP contribution is 2.18. The van der Waals surface area contributed by atoms with Gasteiger partial charge < -0.3 is 10.1 Å². The molecule has 0 aliphatic heterocycles. The second kappa shape index (κ2) is 5.66. The first-order valence-electron chi connectivity index (χ1n) is 5.80. The van der Waals surface area contributed by atoms with Crippen molar-refractivity contribution in [2.24, 2.45) is 0 Å². The van der Waals surface area contributed by atoms with Gasteiger partial charge in [0.1, 0.15) is 12.0 Å². The summed E-state index contributed by atoms with van der Waals surface area (Å²) >= 11 is 0. The second-order valence-electron chi connectivity index (χ2n) is 4.12. The molecule has 0 spiro atoms. The summed E-state index contributed by atoms with van der Waals surface area (Å²) in [6, 6.07) is 8.01. The minimum Gasteiger partial charge on any atom is -0.494 e. The second-order valence-corrected chi connectivity index (χ2v) is 4.12. The Balaban J connectivity index is 1.65.